The molecule has 10 heteroatoms. The van der Waals surface area contributed by atoms with Crippen molar-refractivity contribution in [3.8, 4) is 0 Å². The van der Waals surface area contributed by atoms with Gasteiger partial charge in [0, 0.05) is 48.6 Å². The number of ether oxygens (including phenoxy) is 2. The van der Waals surface area contributed by atoms with Crippen molar-refractivity contribution < 1.29 is 23.8 Å². The van der Waals surface area contributed by atoms with Crippen LogP contribution in [0, 0.1) is 5.82 Å². The average molecular weight is 607 g/mol. The van der Waals surface area contributed by atoms with Gasteiger partial charge in [0.2, 0.25) is 0 Å². The van der Waals surface area contributed by atoms with Gasteiger partial charge >= 0.3 is 6.09 Å². The number of likely N-dealkylation sites (tertiary alicyclic amines) is 1. The Labute approximate surface area is 233 Å². The molecule has 1 N–H and O–H groups in total. The first kappa shape index (κ1) is 28.7. The molecule has 1 aliphatic rings. The van der Waals surface area contributed by atoms with Crippen LogP contribution in [-0.4, -0.2) is 60.3 Å². The van der Waals surface area contributed by atoms with Gasteiger partial charge in [0.1, 0.15) is 12.5 Å². The van der Waals surface area contributed by atoms with Gasteiger partial charge in [-0.1, -0.05) is 47.7 Å². The van der Waals surface area contributed by atoms with Crippen LogP contribution in [0.5, 0.6) is 0 Å². The Bertz CT molecular complexity index is 1250. The summed E-state index contributed by atoms with van der Waals surface area (Å²) < 4.78 is 29.1. The number of hydrogen-bond donors (Lipinski definition) is 1. The molecule has 4 rings (SSSR count). The second kappa shape index (κ2) is 11.9. The molecule has 1 aromatic heterocycles. The summed E-state index contributed by atoms with van der Waals surface area (Å²) in [5.74, 6) is -0.294. The lowest BCUT2D eigenvalue weighted by Gasteiger charge is -2.41. The molecule has 0 bridgehead atoms. The average Bonchev–Trinajstić information content (AvgIpc) is 3.27. The zero-order valence-electron chi connectivity index (χ0n) is 22.5. The largest absolute Gasteiger partial charge is 0.465 e. The van der Waals surface area contributed by atoms with Crippen LogP contribution in [0.25, 0.3) is 10.9 Å². The van der Waals surface area contributed by atoms with Crippen molar-refractivity contribution in [3.05, 3.63) is 64.0 Å². The SMILES string of the molecule is CC(OCC1(c2ccc(F)cc2)CCN(C(=O)O)CC1)c1cc(Br)cc2cnn(COCC[Si](C)(C)C)c12. The number of amides is 1. The maximum Gasteiger partial charge on any atom is 0.407 e. The summed E-state index contributed by atoms with van der Waals surface area (Å²) in [6, 6.07) is 11.7. The van der Waals surface area contributed by atoms with E-state index >= 15 is 0 Å². The van der Waals surface area contributed by atoms with Crippen LogP contribution in [0.4, 0.5) is 9.18 Å². The molecule has 0 aliphatic carbocycles. The topological polar surface area (TPSA) is 76.8 Å². The summed E-state index contributed by atoms with van der Waals surface area (Å²) in [5, 5.41) is 15.0. The van der Waals surface area contributed by atoms with Crippen LogP contribution in [0.15, 0.2) is 47.1 Å². The maximum absolute atomic E-state index is 13.7. The first-order valence-electron chi connectivity index (χ1n) is 13.1. The van der Waals surface area contributed by atoms with Gasteiger partial charge in [-0.2, -0.15) is 5.10 Å². The first-order chi connectivity index (χ1) is 18.0. The van der Waals surface area contributed by atoms with E-state index in [0.717, 1.165) is 32.5 Å². The molecule has 7 nitrogen and oxygen atoms in total. The number of rotatable bonds is 10. The van der Waals surface area contributed by atoms with E-state index in [2.05, 4.69) is 46.7 Å². The fourth-order valence-corrected chi connectivity index (χ4v) is 6.24. The summed E-state index contributed by atoms with van der Waals surface area (Å²) in [4.78, 5) is 13.0. The van der Waals surface area contributed by atoms with E-state index in [1.54, 1.807) is 12.1 Å². The molecule has 3 aromatic rings. The molecule has 1 aliphatic heterocycles. The zero-order valence-corrected chi connectivity index (χ0v) is 25.1. The van der Waals surface area contributed by atoms with E-state index in [1.165, 1.54) is 17.0 Å². The number of carbonyl (C=O) groups is 1. The molecule has 1 amide bonds. The van der Waals surface area contributed by atoms with Crippen molar-refractivity contribution in [2.24, 2.45) is 0 Å². The third-order valence-electron chi connectivity index (χ3n) is 7.43. The molecule has 1 unspecified atom stereocenters. The minimum atomic E-state index is -1.18. The summed E-state index contributed by atoms with van der Waals surface area (Å²) in [6.07, 6.45) is 1.88. The van der Waals surface area contributed by atoms with Gasteiger partial charge < -0.3 is 19.5 Å². The lowest BCUT2D eigenvalue weighted by Crippen LogP contribution is -2.47. The second-order valence-corrected chi connectivity index (χ2v) is 18.0. The van der Waals surface area contributed by atoms with Gasteiger partial charge in [0.15, 0.2) is 0 Å². The molecule has 2 heterocycles. The Kier molecular flexibility index (Phi) is 8.96. The first-order valence-corrected chi connectivity index (χ1v) is 17.6. The molecule has 206 valence electrons. The number of halogens is 2. The normalized spacial score (nSPS) is 16.6. The highest BCUT2D eigenvalue weighted by Gasteiger charge is 2.38. The van der Waals surface area contributed by atoms with E-state index < -0.39 is 19.6 Å². The van der Waals surface area contributed by atoms with Crippen LogP contribution < -0.4 is 0 Å². The van der Waals surface area contributed by atoms with Gasteiger partial charge in [0.25, 0.3) is 0 Å². The minimum absolute atomic E-state index is 0.262. The number of carboxylic acid groups (broad SMARTS) is 1. The molecular weight excluding hydrogens is 569 g/mol. The van der Waals surface area contributed by atoms with E-state index in [0.29, 0.717) is 45.9 Å². The minimum Gasteiger partial charge on any atom is -0.465 e. The Morgan fingerprint density at radius 3 is 2.53 bits per heavy atom. The van der Waals surface area contributed by atoms with Crippen LogP contribution in [0.2, 0.25) is 25.7 Å². The molecule has 1 saturated heterocycles. The Hall–Kier alpha value is -2.27. The summed E-state index contributed by atoms with van der Waals surface area (Å²) >= 11 is 3.63. The van der Waals surface area contributed by atoms with Crippen molar-refractivity contribution in [1.29, 1.82) is 0 Å². The fourth-order valence-electron chi connectivity index (χ4n) is 4.99. The van der Waals surface area contributed by atoms with Crippen molar-refractivity contribution >= 4 is 41.0 Å². The quantitative estimate of drug-likeness (QED) is 0.198. The smallest absolute Gasteiger partial charge is 0.407 e. The van der Waals surface area contributed by atoms with Gasteiger partial charge in [-0.3, -0.25) is 0 Å². The molecule has 38 heavy (non-hydrogen) atoms. The number of nitrogens with zero attached hydrogens (tertiary/aromatic N) is 3. The lowest BCUT2D eigenvalue weighted by atomic mass is 9.73. The summed E-state index contributed by atoms with van der Waals surface area (Å²) in [7, 11) is -1.18. The number of benzene rings is 2. The zero-order chi connectivity index (χ0) is 27.5. The van der Waals surface area contributed by atoms with Crippen LogP contribution in [0.1, 0.15) is 37.0 Å². The number of aromatic nitrogens is 2. The van der Waals surface area contributed by atoms with Gasteiger partial charge in [0.05, 0.1) is 24.4 Å². The van der Waals surface area contributed by atoms with Crippen LogP contribution >= 0.6 is 15.9 Å². The number of piperidine rings is 1. The molecule has 1 fully saturated rings. The fraction of sp³-hybridized carbons (Fsp3) is 0.500. The van der Waals surface area contributed by atoms with E-state index in [4.69, 9.17) is 9.47 Å². The van der Waals surface area contributed by atoms with Gasteiger partial charge in [-0.25, -0.2) is 13.9 Å². The summed E-state index contributed by atoms with van der Waals surface area (Å²) in [6.45, 7) is 11.3. The molecule has 1 atom stereocenters. The third kappa shape index (κ3) is 6.83. The Morgan fingerprint density at radius 1 is 1.21 bits per heavy atom. The van der Waals surface area contributed by atoms with Crippen molar-refractivity contribution in [3.63, 3.8) is 0 Å². The van der Waals surface area contributed by atoms with Crippen LogP contribution in [0.3, 0.4) is 0 Å². The van der Waals surface area contributed by atoms with Crippen LogP contribution in [-0.2, 0) is 21.6 Å². The second-order valence-electron chi connectivity index (χ2n) is 11.4. The Morgan fingerprint density at radius 2 is 1.89 bits per heavy atom. The third-order valence-corrected chi connectivity index (χ3v) is 9.60. The monoisotopic (exact) mass is 605 g/mol. The highest BCUT2D eigenvalue weighted by atomic mass is 79.9. The van der Waals surface area contributed by atoms with Crippen molar-refractivity contribution in [1.82, 2.24) is 14.7 Å². The van der Waals surface area contributed by atoms with Gasteiger partial charge in [-0.05, 0) is 55.6 Å². The maximum atomic E-state index is 13.7. The molecular formula is C28H37BrFN3O4Si. The van der Waals surface area contributed by atoms with E-state index in [-0.39, 0.29) is 11.9 Å². The molecule has 2 aromatic carbocycles. The molecule has 0 radical (unpaired) electrons. The predicted octanol–water partition coefficient (Wildman–Crippen LogP) is 7.04. The van der Waals surface area contributed by atoms with E-state index in [1.807, 2.05) is 23.9 Å². The molecule has 0 spiro atoms. The standard InChI is InChI=1S/C28H37BrFN3O4Si/c1-20(25-16-23(29)15-21-17-31-33(26(21)25)19-36-13-14-38(2,3)4)37-18-28(22-5-7-24(30)8-6-22)9-11-32(12-10-28)27(34)35/h5-8,15-17,20H,9-14,18-19H2,1-4H3,(H,34,35). The number of hydrogen-bond acceptors (Lipinski definition) is 4. The highest BCUT2D eigenvalue weighted by Crippen LogP contribution is 2.38. The predicted molar refractivity (Wildman–Crippen MR) is 153 cm³/mol. The Balaban J connectivity index is 1.55. The van der Waals surface area contributed by atoms with Crippen molar-refractivity contribution in [2.75, 3.05) is 26.3 Å². The van der Waals surface area contributed by atoms with Gasteiger partial charge in [-0.15, -0.1) is 0 Å². The highest BCUT2D eigenvalue weighted by molar-refractivity contribution is 9.10. The van der Waals surface area contributed by atoms with Crippen molar-refractivity contribution in [2.45, 2.75) is 63.7 Å². The summed E-state index contributed by atoms with van der Waals surface area (Å²) in [5.41, 5.74) is 2.54. The van der Waals surface area contributed by atoms with E-state index in [9.17, 15) is 14.3 Å². The molecule has 0 saturated carbocycles. The lowest BCUT2D eigenvalue weighted by molar-refractivity contribution is 0.00525. The number of fused-ring (bicyclic) bond motifs is 1.